The molecule has 6 nitrogen and oxygen atoms in total. The topological polar surface area (TPSA) is 66.1 Å². The predicted molar refractivity (Wildman–Crippen MR) is 97.4 cm³/mol. The van der Waals surface area contributed by atoms with Gasteiger partial charge >= 0.3 is 0 Å². The second kappa shape index (κ2) is 8.71. The first-order valence-corrected chi connectivity index (χ1v) is 8.17. The smallest absolute Gasteiger partial charge is 0.177 e. The molecule has 0 unspecified atom stereocenters. The minimum absolute atomic E-state index is 0.229. The minimum Gasteiger partial charge on any atom is -0.493 e. The molecule has 0 saturated carbocycles. The zero-order valence-corrected chi connectivity index (χ0v) is 14.7. The van der Waals surface area contributed by atoms with Crippen molar-refractivity contribution in [3.8, 4) is 11.5 Å². The van der Waals surface area contributed by atoms with Gasteiger partial charge in [-0.05, 0) is 30.7 Å². The van der Waals surface area contributed by atoms with Gasteiger partial charge in [0.25, 0.3) is 0 Å². The normalized spacial score (nSPS) is 10.8. The molecule has 0 saturated heterocycles. The van der Waals surface area contributed by atoms with Gasteiger partial charge in [0.05, 0.1) is 19.0 Å². The van der Waals surface area contributed by atoms with Crippen LogP contribution in [0.3, 0.4) is 0 Å². The summed E-state index contributed by atoms with van der Waals surface area (Å²) in [7, 11) is 1.61. The minimum atomic E-state index is 0.229. The first kappa shape index (κ1) is 17.5. The van der Waals surface area contributed by atoms with E-state index in [1.54, 1.807) is 19.4 Å². The Bertz CT molecular complexity index is 859. The average molecular weight is 352 g/mol. The van der Waals surface area contributed by atoms with Crippen LogP contribution in [0.5, 0.6) is 11.5 Å². The van der Waals surface area contributed by atoms with Crippen LogP contribution in [0.4, 0.5) is 0 Å². The molecule has 0 aliphatic rings. The lowest BCUT2D eigenvalue weighted by atomic mass is 10.2. The van der Waals surface area contributed by atoms with E-state index in [0.717, 1.165) is 16.8 Å². The van der Waals surface area contributed by atoms with Crippen LogP contribution in [-0.4, -0.2) is 18.5 Å². The van der Waals surface area contributed by atoms with Crippen molar-refractivity contribution in [1.29, 1.82) is 0 Å². The molecule has 0 amide bonds. The fraction of sp³-hybridized carbons (Fsp3) is 0.200. The number of hydrogen-bond acceptors (Lipinski definition) is 6. The Hall–Kier alpha value is -3.28. The first-order valence-electron chi connectivity index (χ1n) is 8.17. The Morgan fingerprint density at radius 2 is 1.88 bits per heavy atom. The van der Waals surface area contributed by atoms with Gasteiger partial charge in [0.15, 0.2) is 23.9 Å². The number of oxime groups is 1. The van der Waals surface area contributed by atoms with Gasteiger partial charge in [-0.25, -0.2) is 0 Å². The largest absolute Gasteiger partial charge is 0.493 e. The molecule has 1 aromatic heterocycles. The number of methoxy groups -OCH3 is 1. The van der Waals surface area contributed by atoms with Crippen LogP contribution in [0.15, 0.2) is 64.3 Å². The molecule has 2 aromatic carbocycles. The molecular formula is C20H20N2O4. The van der Waals surface area contributed by atoms with Gasteiger partial charge in [0.1, 0.15) is 6.61 Å². The molecule has 3 rings (SSSR count). The Morgan fingerprint density at radius 3 is 2.62 bits per heavy atom. The van der Waals surface area contributed by atoms with Crippen LogP contribution in [-0.2, 0) is 18.1 Å². The van der Waals surface area contributed by atoms with Crippen molar-refractivity contribution in [2.75, 3.05) is 7.11 Å². The Kier molecular flexibility index (Phi) is 5.88. The Labute approximate surface area is 152 Å². The molecule has 0 N–H and O–H groups in total. The third kappa shape index (κ3) is 4.86. The van der Waals surface area contributed by atoms with Gasteiger partial charge < -0.3 is 18.8 Å². The molecule has 1 heterocycles. The lowest BCUT2D eigenvalue weighted by Gasteiger charge is -2.11. The van der Waals surface area contributed by atoms with E-state index < -0.39 is 0 Å². The van der Waals surface area contributed by atoms with Crippen molar-refractivity contribution < 1.29 is 18.8 Å². The molecule has 3 aromatic rings. The number of benzene rings is 2. The zero-order valence-electron chi connectivity index (χ0n) is 14.7. The van der Waals surface area contributed by atoms with E-state index in [2.05, 4.69) is 10.3 Å². The predicted octanol–water partition coefficient (Wildman–Crippen LogP) is 4.12. The maximum absolute atomic E-state index is 5.83. The van der Waals surface area contributed by atoms with E-state index in [0.29, 0.717) is 23.9 Å². The van der Waals surface area contributed by atoms with Crippen molar-refractivity contribution in [3.63, 3.8) is 0 Å². The van der Waals surface area contributed by atoms with Gasteiger partial charge in [-0.1, -0.05) is 40.6 Å². The fourth-order valence-corrected chi connectivity index (χ4v) is 2.30. The number of nitrogens with zero attached hydrogens (tertiary/aromatic N) is 2. The van der Waals surface area contributed by atoms with E-state index in [9.17, 15) is 0 Å². The quantitative estimate of drug-likeness (QED) is 0.451. The van der Waals surface area contributed by atoms with Gasteiger partial charge in [-0.2, -0.15) is 0 Å². The second-order valence-corrected chi connectivity index (χ2v) is 5.63. The lowest BCUT2D eigenvalue weighted by Crippen LogP contribution is -1.98. The van der Waals surface area contributed by atoms with Crippen LogP contribution in [0.1, 0.15) is 22.6 Å². The third-order valence-corrected chi connectivity index (χ3v) is 3.58. The van der Waals surface area contributed by atoms with Crippen LogP contribution in [0.25, 0.3) is 0 Å². The third-order valence-electron chi connectivity index (χ3n) is 3.58. The molecule has 0 aliphatic carbocycles. The van der Waals surface area contributed by atoms with Crippen LogP contribution < -0.4 is 9.47 Å². The molecule has 0 spiro atoms. The van der Waals surface area contributed by atoms with Crippen molar-refractivity contribution in [2.45, 2.75) is 20.1 Å². The second-order valence-electron chi connectivity index (χ2n) is 5.63. The van der Waals surface area contributed by atoms with Gasteiger partial charge in [0.2, 0.25) is 0 Å². The molecule has 0 aliphatic heterocycles. The maximum Gasteiger partial charge on any atom is 0.177 e. The highest BCUT2D eigenvalue weighted by atomic mass is 16.6. The molecule has 0 fully saturated rings. The molecule has 0 atom stereocenters. The van der Waals surface area contributed by atoms with Crippen LogP contribution in [0.2, 0.25) is 0 Å². The summed E-state index contributed by atoms with van der Waals surface area (Å²) in [5.74, 6) is 1.93. The summed E-state index contributed by atoms with van der Waals surface area (Å²) in [6.45, 7) is 2.56. The summed E-state index contributed by atoms with van der Waals surface area (Å²) in [6.07, 6.45) is 1.60. The zero-order chi connectivity index (χ0) is 18.2. The Morgan fingerprint density at radius 1 is 1.04 bits per heavy atom. The first-order chi connectivity index (χ1) is 12.7. The van der Waals surface area contributed by atoms with Gasteiger partial charge in [0, 0.05) is 11.6 Å². The SMILES string of the molecule is COc1cc(/C=N/OCc2cc(C)no2)ccc1OCc1ccccc1. The molecular weight excluding hydrogens is 332 g/mol. The molecule has 134 valence electrons. The summed E-state index contributed by atoms with van der Waals surface area (Å²) in [5, 5.41) is 7.72. The van der Waals surface area contributed by atoms with Crippen molar-refractivity contribution >= 4 is 6.21 Å². The van der Waals surface area contributed by atoms with E-state index in [-0.39, 0.29) is 6.61 Å². The molecule has 26 heavy (non-hydrogen) atoms. The van der Waals surface area contributed by atoms with E-state index in [1.165, 1.54) is 0 Å². The average Bonchev–Trinajstić information content (AvgIpc) is 3.10. The summed E-state index contributed by atoms with van der Waals surface area (Å²) >= 11 is 0. The highest BCUT2D eigenvalue weighted by Gasteiger charge is 2.06. The summed E-state index contributed by atoms with van der Waals surface area (Å²) in [6, 6.07) is 17.3. The number of ether oxygens (including phenoxy) is 2. The highest BCUT2D eigenvalue weighted by Crippen LogP contribution is 2.28. The number of aryl methyl sites for hydroxylation is 1. The summed E-state index contributed by atoms with van der Waals surface area (Å²) in [5.41, 5.74) is 2.74. The maximum atomic E-state index is 5.83. The summed E-state index contributed by atoms with van der Waals surface area (Å²) < 4.78 is 16.3. The van der Waals surface area contributed by atoms with Gasteiger partial charge in [-0.15, -0.1) is 0 Å². The Balaban J connectivity index is 1.57. The van der Waals surface area contributed by atoms with Crippen molar-refractivity contribution in [2.24, 2.45) is 5.16 Å². The summed E-state index contributed by atoms with van der Waals surface area (Å²) in [4.78, 5) is 5.21. The van der Waals surface area contributed by atoms with E-state index >= 15 is 0 Å². The molecule has 0 radical (unpaired) electrons. The van der Waals surface area contributed by atoms with E-state index in [4.69, 9.17) is 18.8 Å². The number of aromatic nitrogens is 1. The number of hydrogen-bond donors (Lipinski definition) is 0. The van der Waals surface area contributed by atoms with E-state index in [1.807, 2.05) is 55.5 Å². The van der Waals surface area contributed by atoms with Crippen molar-refractivity contribution in [3.05, 3.63) is 77.2 Å². The van der Waals surface area contributed by atoms with Gasteiger partial charge in [-0.3, -0.25) is 0 Å². The fourth-order valence-electron chi connectivity index (χ4n) is 2.30. The van der Waals surface area contributed by atoms with Crippen LogP contribution in [0, 0.1) is 6.92 Å². The lowest BCUT2D eigenvalue weighted by molar-refractivity contribution is 0.110. The monoisotopic (exact) mass is 352 g/mol. The standard InChI is InChI=1S/C20H20N2O4/c1-15-10-18(26-22-15)14-25-21-12-17-8-9-19(20(11-17)23-2)24-13-16-6-4-3-5-7-16/h3-12H,13-14H2,1-2H3/b21-12+. The number of rotatable bonds is 8. The molecule has 6 heteroatoms. The van der Waals surface area contributed by atoms with Crippen LogP contribution >= 0.6 is 0 Å². The molecule has 0 bridgehead atoms. The van der Waals surface area contributed by atoms with Crippen molar-refractivity contribution in [1.82, 2.24) is 5.16 Å². The highest BCUT2D eigenvalue weighted by molar-refractivity contribution is 5.80.